The van der Waals surface area contributed by atoms with E-state index in [0.717, 1.165) is 58.8 Å². The highest BCUT2D eigenvalue weighted by molar-refractivity contribution is 7.98. The Morgan fingerprint density at radius 3 is 2.83 bits per heavy atom. The van der Waals surface area contributed by atoms with Gasteiger partial charge >= 0.3 is 0 Å². The fraction of sp³-hybridized carbons (Fsp3) is 0.400. The van der Waals surface area contributed by atoms with E-state index in [9.17, 15) is 0 Å². The second-order valence-electron chi connectivity index (χ2n) is 7.07. The number of ether oxygens (including phenoxy) is 1. The smallest absolute Gasteiger partial charge is 0.237 e. The lowest BCUT2D eigenvalue weighted by Crippen LogP contribution is -2.36. The van der Waals surface area contributed by atoms with Gasteiger partial charge in [-0.2, -0.15) is 4.98 Å². The van der Waals surface area contributed by atoms with Crippen molar-refractivity contribution in [2.75, 3.05) is 26.3 Å². The number of hydrogen-bond acceptors (Lipinski definition) is 10. The average molecular weight is 460 g/mol. The number of thiophene rings is 2. The molecule has 1 saturated heterocycles. The lowest BCUT2D eigenvalue weighted by Gasteiger charge is -2.25. The fourth-order valence-corrected chi connectivity index (χ4v) is 6.04. The Kier molecular flexibility index (Phi) is 5.83. The SMILES string of the molecule is Cc1sc2nc(CN3CCOCC3)nc(SCc3nc(-c4cccs4)no3)c2c1C. The van der Waals surface area contributed by atoms with Gasteiger partial charge in [-0.3, -0.25) is 4.90 Å². The number of nitrogens with zero attached hydrogens (tertiary/aromatic N) is 5. The molecular weight excluding hydrogens is 438 g/mol. The van der Waals surface area contributed by atoms with Crippen LogP contribution in [0.4, 0.5) is 0 Å². The summed E-state index contributed by atoms with van der Waals surface area (Å²) < 4.78 is 10.9. The molecular formula is C20H21N5O2S3. The van der Waals surface area contributed by atoms with Crippen molar-refractivity contribution < 1.29 is 9.26 Å². The molecule has 5 rings (SSSR count). The van der Waals surface area contributed by atoms with Crippen LogP contribution in [0.5, 0.6) is 0 Å². The van der Waals surface area contributed by atoms with Crippen LogP contribution >= 0.6 is 34.4 Å². The monoisotopic (exact) mass is 459 g/mol. The van der Waals surface area contributed by atoms with E-state index in [1.165, 1.54) is 10.4 Å². The summed E-state index contributed by atoms with van der Waals surface area (Å²) in [5.41, 5.74) is 1.25. The van der Waals surface area contributed by atoms with Gasteiger partial charge < -0.3 is 9.26 Å². The third-order valence-corrected chi connectivity index (χ3v) is 7.98. The average Bonchev–Trinajstić information content (AvgIpc) is 3.48. The van der Waals surface area contributed by atoms with Crippen molar-refractivity contribution in [3.05, 3.63) is 39.7 Å². The number of rotatable bonds is 6. The van der Waals surface area contributed by atoms with E-state index in [2.05, 4.69) is 28.9 Å². The Labute approximate surface area is 186 Å². The number of morpholine rings is 1. The summed E-state index contributed by atoms with van der Waals surface area (Å²) in [4.78, 5) is 20.0. The normalized spacial score (nSPS) is 15.3. The highest BCUT2D eigenvalue weighted by Gasteiger charge is 2.19. The molecule has 0 aliphatic carbocycles. The van der Waals surface area contributed by atoms with E-state index in [4.69, 9.17) is 19.2 Å². The zero-order valence-corrected chi connectivity index (χ0v) is 19.2. The van der Waals surface area contributed by atoms with Gasteiger partial charge in [0.05, 0.1) is 30.4 Å². The maximum absolute atomic E-state index is 5.47. The van der Waals surface area contributed by atoms with Crippen LogP contribution < -0.4 is 0 Å². The summed E-state index contributed by atoms with van der Waals surface area (Å²) in [5.74, 6) is 2.69. The molecule has 30 heavy (non-hydrogen) atoms. The fourth-order valence-electron chi connectivity index (χ4n) is 3.34. The number of aromatic nitrogens is 4. The van der Waals surface area contributed by atoms with Gasteiger partial charge in [0.2, 0.25) is 11.7 Å². The summed E-state index contributed by atoms with van der Waals surface area (Å²) in [6.45, 7) is 8.40. The van der Waals surface area contributed by atoms with Crippen LogP contribution in [0.3, 0.4) is 0 Å². The molecule has 4 aromatic heterocycles. The molecule has 5 heterocycles. The Hall–Kier alpha value is -1.85. The topological polar surface area (TPSA) is 77.2 Å². The quantitative estimate of drug-likeness (QED) is 0.307. The van der Waals surface area contributed by atoms with E-state index in [-0.39, 0.29) is 0 Å². The van der Waals surface area contributed by atoms with E-state index >= 15 is 0 Å². The van der Waals surface area contributed by atoms with Gasteiger partial charge in [0.15, 0.2) is 0 Å². The van der Waals surface area contributed by atoms with Crippen LogP contribution in [-0.4, -0.2) is 51.3 Å². The van der Waals surface area contributed by atoms with Gasteiger partial charge in [-0.05, 0) is 30.9 Å². The second kappa shape index (κ2) is 8.72. The van der Waals surface area contributed by atoms with Gasteiger partial charge in [0.1, 0.15) is 15.7 Å². The number of fused-ring (bicyclic) bond motifs is 1. The first-order chi connectivity index (χ1) is 14.7. The molecule has 0 atom stereocenters. The standard InChI is InChI=1S/C20H21N5O2S3/c1-12-13(2)30-20-17(12)19(21-15(22-20)10-25-5-7-26-8-6-25)29-11-16-23-18(24-27-16)14-4-3-9-28-14/h3-4,9H,5-8,10-11H2,1-2H3. The van der Waals surface area contributed by atoms with Gasteiger partial charge in [-0.25, -0.2) is 9.97 Å². The molecule has 1 aliphatic rings. The highest BCUT2D eigenvalue weighted by Crippen LogP contribution is 2.36. The summed E-state index contributed by atoms with van der Waals surface area (Å²) in [6, 6.07) is 3.98. The minimum atomic E-state index is 0.579. The molecule has 7 nitrogen and oxygen atoms in total. The van der Waals surface area contributed by atoms with Crippen LogP contribution in [0.25, 0.3) is 20.9 Å². The largest absolute Gasteiger partial charge is 0.379 e. The van der Waals surface area contributed by atoms with E-state index in [1.54, 1.807) is 34.4 Å². The highest BCUT2D eigenvalue weighted by atomic mass is 32.2. The lowest BCUT2D eigenvalue weighted by atomic mass is 10.2. The Bertz CT molecular complexity index is 1150. The Morgan fingerprint density at radius 1 is 1.17 bits per heavy atom. The second-order valence-corrected chi connectivity index (χ2v) is 10.2. The molecule has 0 radical (unpaired) electrons. The third kappa shape index (κ3) is 4.15. The van der Waals surface area contributed by atoms with Crippen molar-refractivity contribution in [2.24, 2.45) is 0 Å². The molecule has 0 unspecified atom stereocenters. The molecule has 0 amide bonds. The van der Waals surface area contributed by atoms with E-state index in [1.807, 2.05) is 17.5 Å². The van der Waals surface area contributed by atoms with Crippen molar-refractivity contribution in [3.8, 4) is 10.7 Å². The van der Waals surface area contributed by atoms with Gasteiger partial charge in [0.25, 0.3) is 0 Å². The molecule has 0 N–H and O–H groups in total. The first-order valence-electron chi connectivity index (χ1n) is 9.73. The summed E-state index contributed by atoms with van der Waals surface area (Å²) >= 11 is 4.98. The van der Waals surface area contributed by atoms with Crippen molar-refractivity contribution >= 4 is 44.7 Å². The molecule has 0 spiro atoms. The predicted octanol–water partition coefficient (Wildman–Crippen LogP) is 4.54. The molecule has 156 valence electrons. The zero-order chi connectivity index (χ0) is 20.5. The molecule has 1 fully saturated rings. The van der Waals surface area contributed by atoms with Crippen molar-refractivity contribution in [2.45, 2.75) is 31.2 Å². The molecule has 0 bridgehead atoms. The third-order valence-electron chi connectivity index (χ3n) is 5.05. The van der Waals surface area contributed by atoms with Crippen molar-refractivity contribution in [3.63, 3.8) is 0 Å². The van der Waals surface area contributed by atoms with Crippen LogP contribution in [-0.2, 0) is 17.0 Å². The zero-order valence-electron chi connectivity index (χ0n) is 16.8. The maximum Gasteiger partial charge on any atom is 0.237 e. The molecule has 10 heteroatoms. The Balaban J connectivity index is 1.40. The van der Waals surface area contributed by atoms with Gasteiger partial charge in [-0.1, -0.05) is 23.0 Å². The Morgan fingerprint density at radius 2 is 2.03 bits per heavy atom. The summed E-state index contributed by atoms with van der Waals surface area (Å²) in [7, 11) is 0. The van der Waals surface area contributed by atoms with Crippen LogP contribution in [0.15, 0.2) is 27.1 Å². The number of thioether (sulfide) groups is 1. The molecule has 0 aromatic carbocycles. The molecule has 4 aromatic rings. The minimum absolute atomic E-state index is 0.579. The van der Waals surface area contributed by atoms with Gasteiger partial charge in [-0.15, -0.1) is 22.7 Å². The minimum Gasteiger partial charge on any atom is -0.379 e. The van der Waals surface area contributed by atoms with E-state index < -0.39 is 0 Å². The number of hydrogen-bond donors (Lipinski definition) is 0. The maximum atomic E-state index is 5.47. The first kappa shape index (κ1) is 20.1. The van der Waals surface area contributed by atoms with Crippen LogP contribution in [0, 0.1) is 13.8 Å². The van der Waals surface area contributed by atoms with E-state index in [0.29, 0.717) is 17.5 Å². The molecule has 0 saturated carbocycles. The predicted molar refractivity (Wildman–Crippen MR) is 120 cm³/mol. The van der Waals surface area contributed by atoms with Crippen molar-refractivity contribution in [1.82, 2.24) is 25.0 Å². The number of aryl methyl sites for hydroxylation is 2. The first-order valence-corrected chi connectivity index (χ1v) is 12.4. The summed E-state index contributed by atoms with van der Waals surface area (Å²) in [6.07, 6.45) is 0. The van der Waals surface area contributed by atoms with Crippen LogP contribution in [0.1, 0.15) is 22.2 Å². The summed E-state index contributed by atoms with van der Waals surface area (Å²) in [5, 5.41) is 8.25. The molecule has 1 aliphatic heterocycles. The lowest BCUT2D eigenvalue weighted by molar-refractivity contribution is 0.0330. The van der Waals surface area contributed by atoms with Gasteiger partial charge in [0, 0.05) is 23.4 Å². The van der Waals surface area contributed by atoms with Crippen LogP contribution in [0.2, 0.25) is 0 Å². The van der Waals surface area contributed by atoms with Crippen molar-refractivity contribution in [1.29, 1.82) is 0 Å².